The van der Waals surface area contributed by atoms with E-state index in [9.17, 15) is 19.4 Å². The van der Waals surface area contributed by atoms with Crippen molar-refractivity contribution >= 4 is 5.97 Å². The molecule has 1 aliphatic heterocycles. The summed E-state index contributed by atoms with van der Waals surface area (Å²) in [5.74, 6) is -2.08. The van der Waals surface area contributed by atoms with Crippen molar-refractivity contribution in [1.82, 2.24) is 5.32 Å². The molecule has 3 N–H and O–H groups in total. The number of carbonyl (C=O) groups is 1. The van der Waals surface area contributed by atoms with Gasteiger partial charge in [0, 0.05) is 12.5 Å². The number of carboxylic acids is 1. The average Bonchev–Trinajstić information content (AvgIpc) is 2.66. The smallest absolute Gasteiger partial charge is 0.346 e. The molecule has 0 bridgehead atoms. The molecule has 2 aliphatic rings. The van der Waals surface area contributed by atoms with Crippen LogP contribution >= 0.6 is 0 Å². The van der Waals surface area contributed by atoms with Crippen molar-refractivity contribution in [2.45, 2.75) is 76.7 Å². The van der Waals surface area contributed by atoms with Crippen LogP contribution in [0.5, 0.6) is 0 Å². The van der Waals surface area contributed by atoms with Gasteiger partial charge in [0.05, 0.1) is 0 Å². The van der Waals surface area contributed by atoms with E-state index in [4.69, 9.17) is 0 Å². The fraction of sp³-hybridized carbons (Fsp3) is 0.933. The summed E-state index contributed by atoms with van der Waals surface area (Å²) in [5.41, 5.74) is -4.75. The van der Waals surface area contributed by atoms with Crippen molar-refractivity contribution in [3.63, 3.8) is 0 Å². The monoisotopic (exact) mass is 287 g/mol. The Bertz CT molecular complexity index is 395. The number of aliphatic carboxylic acids is 1. The van der Waals surface area contributed by atoms with Gasteiger partial charge in [-0.2, -0.15) is 0 Å². The summed E-state index contributed by atoms with van der Waals surface area (Å²) in [6.07, 6.45) is 5.09. The highest BCUT2D eigenvalue weighted by atomic mass is 19.1. The van der Waals surface area contributed by atoms with E-state index in [-0.39, 0.29) is 17.9 Å². The number of halogens is 1. The molecule has 20 heavy (non-hydrogen) atoms. The summed E-state index contributed by atoms with van der Waals surface area (Å²) in [6.45, 7) is 5.38. The lowest BCUT2D eigenvalue weighted by Gasteiger charge is -2.40. The van der Waals surface area contributed by atoms with Crippen LogP contribution in [-0.2, 0) is 4.79 Å². The second kappa shape index (κ2) is 4.95. The molecule has 0 spiro atoms. The van der Waals surface area contributed by atoms with Crippen molar-refractivity contribution in [1.29, 1.82) is 0 Å². The number of nitrogens with one attached hydrogen (secondary N) is 1. The van der Waals surface area contributed by atoms with E-state index in [0.717, 1.165) is 25.7 Å². The van der Waals surface area contributed by atoms with Crippen molar-refractivity contribution in [3.8, 4) is 0 Å². The van der Waals surface area contributed by atoms with Crippen LogP contribution in [0.15, 0.2) is 0 Å². The molecular weight excluding hydrogens is 261 g/mol. The molecule has 0 aromatic rings. The molecule has 1 saturated heterocycles. The molecule has 0 aromatic carbocycles. The average molecular weight is 287 g/mol. The van der Waals surface area contributed by atoms with Crippen LogP contribution in [0.25, 0.3) is 0 Å². The number of alkyl halides is 1. The van der Waals surface area contributed by atoms with E-state index < -0.39 is 23.3 Å². The molecule has 1 aliphatic carbocycles. The summed E-state index contributed by atoms with van der Waals surface area (Å²) in [6, 6.07) is -0.295. The SMILES string of the molecule is CC(C)[C@]1(O)N[C@H](C2(C)CCCCC2)CC1(F)C(=O)O. The zero-order valence-corrected chi connectivity index (χ0v) is 12.6. The molecular formula is C15H26FNO3. The van der Waals surface area contributed by atoms with Gasteiger partial charge < -0.3 is 10.2 Å². The normalized spacial score (nSPS) is 41.0. The topological polar surface area (TPSA) is 69.6 Å². The van der Waals surface area contributed by atoms with Crippen LogP contribution in [0.3, 0.4) is 0 Å². The Balaban J connectivity index is 2.31. The van der Waals surface area contributed by atoms with Gasteiger partial charge in [0.1, 0.15) is 0 Å². The van der Waals surface area contributed by atoms with E-state index in [1.807, 2.05) is 0 Å². The van der Waals surface area contributed by atoms with Crippen LogP contribution in [0.1, 0.15) is 59.3 Å². The lowest BCUT2D eigenvalue weighted by molar-refractivity contribution is -0.179. The standard InChI is InChI=1S/C15H26FNO3/c1-10(2)15(20)14(16,12(18)19)9-11(17-15)13(3)7-5-4-6-8-13/h10-11,17,20H,4-9H2,1-3H3,(H,18,19)/t11-,14?,15+/m0/s1. The summed E-state index contributed by atoms with van der Waals surface area (Å²) >= 11 is 0. The van der Waals surface area contributed by atoms with Gasteiger partial charge in [-0.15, -0.1) is 0 Å². The zero-order valence-electron chi connectivity index (χ0n) is 12.6. The Kier molecular flexibility index (Phi) is 3.89. The Morgan fingerprint density at radius 1 is 1.30 bits per heavy atom. The molecule has 3 atom stereocenters. The number of carboxylic acid groups (broad SMARTS) is 1. The summed E-state index contributed by atoms with van der Waals surface area (Å²) in [4.78, 5) is 11.4. The van der Waals surface area contributed by atoms with Gasteiger partial charge in [-0.25, -0.2) is 9.18 Å². The Labute approximate surface area is 119 Å². The number of aliphatic hydroxyl groups is 1. The van der Waals surface area contributed by atoms with Crippen LogP contribution in [-0.4, -0.2) is 33.6 Å². The van der Waals surface area contributed by atoms with E-state index in [1.165, 1.54) is 6.42 Å². The highest BCUT2D eigenvalue weighted by molar-refractivity contribution is 5.80. The summed E-state index contributed by atoms with van der Waals surface area (Å²) in [7, 11) is 0. The number of hydrogen-bond donors (Lipinski definition) is 3. The van der Waals surface area contributed by atoms with E-state index in [0.29, 0.717) is 0 Å². The van der Waals surface area contributed by atoms with E-state index in [1.54, 1.807) is 13.8 Å². The van der Waals surface area contributed by atoms with Gasteiger partial charge in [-0.3, -0.25) is 5.32 Å². The molecule has 2 fully saturated rings. The van der Waals surface area contributed by atoms with E-state index >= 15 is 0 Å². The van der Waals surface area contributed by atoms with Gasteiger partial charge >= 0.3 is 5.97 Å². The minimum atomic E-state index is -2.62. The molecule has 1 heterocycles. The van der Waals surface area contributed by atoms with Crippen LogP contribution in [0, 0.1) is 11.3 Å². The second-order valence-electron chi connectivity index (χ2n) is 7.14. The number of rotatable bonds is 3. The maximum absolute atomic E-state index is 15.0. The van der Waals surface area contributed by atoms with Crippen molar-refractivity contribution in [2.24, 2.45) is 11.3 Å². The van der Waals surface area contributed by atoms with Crippen molar-refractivity contribution in [3.05, 3.63) is 0 Å². The first-order valence-corrected chi connectivity index (χ1v) is 7.58. The molecule has 116 valence electrons. The molecule has 0 aromatic heterocycles. The van der Waals surface area contributed by atoms with Gasteiger partial charge in [0.15, 0.2) is 5.72 Å². The minimum Gasteiger partial charge on any atom is -0.479 e. The molecule has 1 saturated carbocycles. The van der Waals surface area contributed by atoms with Crippen LogP contribution in [0.4, 0.5) is 4.39 Å². The Hall–Kier alpha value is -0.680. The van der Waals surface area contributed by atoms with Crippen LogP contribution in [0.2, 0.25) is 0 Å². The first kappa shape index (κ1) is 15.7. The summed E-state index contributed by atoms with van der Waals surface area (Å²) < 4.78 is 15.0. The highest BCUT2D eigenvalue weighted by Crippen LogP contribution is 2.49. The predicted octanol–water partition coefficient (Wildman–Crippen LogP) is 2.46. The highest BCUT2D eigenvalue weighted by Gasteiger charge is 2.67. The third kappa shape index (κ3) is 2.15. The van der Waals surface area contributed by atoms with Gasteiger partial charge in [0.2, 0.25) is 5.67 Å². The second-order valence-corrected chi connectivity index (χ2v) is 7.14. The maximum atomic E-state index is 15.0. The summed E-state index contributed by atoms with van der Waals surface area (Å²) in [5, 5.41) is 22.8. The first-order chi connectivity index (χ1) is 9.16. The lowest BCUT2D eigenvalue weighted by atomic mass is 9.69. The molecule has 1 unspecified atom stereocenters. The molecule has 0 amide bonds. The zero-order chi connectivity index (χ0) is 15.2. The quantitative estimate of drug-likeness (QED) is 0.746. The predicted molar refractivity (Wildman–Crippen MR) is 74.0 cm³/mol. The van der Waals surface area contributed by atoms with Crippen molar-refractivity contribution < 1.29 is 19.4 Å². The first-order valence-electron chi connectivity index (χ1n) is 7.58. The molecule has 5 heteroatoms. The maximum Gasteiger partial charge on any atom is 0.346 e. The molecule has 0 radical (unpaired) electrons. The third-order valence-electron chi connectivity index (χ3n) is 5.50. The number of hydrogen-bond acceptors (Lipinski definition) is 3. The minimum absolute atomic E-state index is 0.135. The largest absolute Gasteiger partial charge is 0.479 e. The van der Waals surface area contributed by atoms with Crippen molar-refractivity contribution in [2.75, 3.05) is 0 Å². The lowest BCUT2D eigenvalue weighted by Crippen LogP contribution is -2.62. The van der Waals surface area contributed by atoms with Crippen LogP contribution < -0.4 is 5.32 Å². The Morgan fingerprint density at radius 3 is 2.25 bits per heavy atom. The third-order valence-corrected chi connectivity index (χ3v) is 5.50. The van der Waals surface area contributed by atoms with Gasteiger partial charge in [-0.1, -0.05) is 40.0 Å². The molecule has 2 rings (SSSR count). The fourth-order valence-corrected chi connectivity index (χ4v) is 3.87. The van der Waals surface area contributed by atoms with Gasteiger partial charge in [-0.05, 0) is 24.2 Å². The van der Waals surface area contributed by atoms with Gasteiger partial charge in [0.25, 0.3) is 0 Å². The Morgan fingerprint density at radius 2 is 1.85 bits per heavy atom. The van der Waals surface area contributed by atoms with E-state index in [2.05, 4.69) is 12.2 Å². The fourth-order valence-electron chi connectivity index (χ4n) is 3.87. The molecule has 4 nitrogen and oxygen atoms in total.